The molecule has 2 nitrogen and oxygen atoms in total. The Labute approximate surface area is 101 Å². The van der Waals surface area contributed by atoms with E-state index in [9.17, 15) is 4.79 Å². The Morgan fingerprint density at radius 3 is 2.69 bits per heavy atom. The van der Waals surface area contributed by atoms with Crippen molar-refractivity contribution in [2.75, 3.05) is 12.3 Å². The summed E-state index contributed by atoms with van der Waals surface area (Å²) < 4.78 is 0. The van der Waals surface area contributed by atoms with Gasteiger partial charge in [-0.1, -0.05) is 24.6 Å². The number of carbonyl (C=O) groups is 1. The smallest absolute Gasteiger partial charge is 0.223 e. The molecule has 1 N–H and O–H groups in total. The maximum Gasteiger partial charge on any atom is 0.223 e. The quantitative estimate of drug-likeness (QED) is 0.628. The molecule has 0 radical (unpaired) electrons. The molecule has 0 unspecified atom stereocenters. The average molecular weight is 235 g/mol. The fourth-order valence-electron chi connectivity index (χ4n) is 1.67. The fraction of sp³-hybridized carbons (Fsp3) is 0.462. The highest BCUT2D eigenvalue weighted by molar-refractivity contribution is 7.99. The largest absolute Gasteiger partial charge is 0.355 e. The summed E-state index contributed by atoms with van der Waals surface area (Å²) in [6.45, 7) is 0.773. The minimum absolute atomic E-state index is 0.250. The zero-order valence-electron chi connectivity index (χ0n) is 9.32. The molecule has 0 saturated heterocycles. The predicted octanol–water partition coefficient (Wildman–Crippen LogP) is 2.70. The van der Waals surface area contributed by atoms with Crippen LogP contribution < -0.4 is 5.32 Å². The molecular formula is C13H17NOS. The van der Waals surface area contributed by atoms with Gasteiger partial charge in [0, 0.05) is 23.1 Å². The first-order valence-corrected chi connectivity index (χ1v) is 6.80. The zero-order valence-corrected chi connectivity index (χ0v) is 10.1. The molecule has 0 aliphatic heterocycles. The standard InChI is InChI=1S/C13H17NOS/c15-13(11-5-4-6-11)14-9-10-16-12-7-2-1-3-8-12/h1-3,7-8,11H,4-6,9-10H2,(H,14,15). The molecule has 1 aromatic rings. The number of thioether (sulfide) groups is 1. The molecule has 2 rings (SSSR count). The van der Waals surface area contributed by atoms with Gasteiger partial charge in [-0.2, -0.15) is 0 Å². The molecule has 3 heteroatoms. The number of nitrogens with one attached hydrogen (secondary N) is 1. The van der Waals surface area contributed by atoms with Crippen molar-refractivity contribution in [1.29, 1.82) is 0 Å². The Bertz CT molecular complexity index is 335. The minimum Gasteiger partial charge on any atom is -0.355 e. The van der Waals surface area contributed by atoms with Gasteiger partial charge >= 0.3 is 0 Å². The van der Waals surface area contributed by atoms with E-state index in [1.807, 2.05) is 18.2 Å². The lowest BCUT2D eigenvalue weighted by atomic mass is 9.85. The highest BCUT2D eigenvalue weighted by Gasteiger charge is 2.24. The van der Waals surface area contributed by atoms with E-state index in [1.54, 1.807) is 11.8 Å². The number of hydrogen-bond acceptors (Lipinski definition) is 2. The molecule has 86 valence electrons. The van der Waals surface area contributed by atoms with Crippen LogP contribution in [0.25, 0.3) is 0 Å². The monoisotopic (exact) mass is 235 g/mol. The molecule has 0 heterocycles. The Kier molecular flexibility index (Phi) is 4.28. The van der Waals surface area contributed by atoms with Crippen LogP contribution in [0.15, 0.2) is 35.2 Å². The van der Waals surface area contributed by atoms with Crippen LogP contribution in [0.2, 0.25) is 0 Å². The van der Waals surface area contributed by atoms with Gasteiger partial charge in [-0.15, -0.1) is 11.8 Å². The van der Waals surface area contributed by atoms with Gasteiger partial charge in [-0.05, 0) is 25.0 Å². The number of amides is 1. The van der Waals surface area contributed by atoms with E-state index in [2.05, 4.69) is 17.4 Å². The first kappa shape index (κ1) is 11.5. The van der Waals surface area contributed by atoms with Crippen LogP contribution in [0.5, 0.6) is 0 Å². The summed E-state index contributed by atoms with van der Waals surface area (Å²) in [5.74, 6) is 1.50. The Morgan fingerprint density at radius 2 is 2.06 bits per heavy atom. The minimum atomic E-state index is 0.250. The molecule has 0 atom stereocenters. The third-order valence-electron chi connectivity index (χ3n) is 2.89. The first-order chi connectivity index (χ1) is 7.86. The number of carbonyl (C=O) groups excluding carboxylic acids is 1. The lowest BCUT2D eigenvalue weighted by molar-refractivity contribution is -0.127. The van der Waals surface area contributed by atoms with Crippen LogP contribution in [0.4, 0.5) is 0 Å². The second-order valence-electron chi connectivity index (χ2n) is 4.08. The third kappa shape index (κ3) is 3.27. The van der Waals surface area contributed by atoms with Gasteiger partial charge in [0.15, 0.2) is 0 Å². The molecule has 1 aliphatic rings. The van der Waals surface area contributed by atoms with E-state index < -0.39 is 0 Å². The third-order valence-corrected chi connectivity index (χ3v) is 3.90. The van der Waals surface area contributed by atoms with Gasteiger partial charge in [-0.3, -0.25) is 4.79 Å². The van der Waals surface area contributed by atoms with Crippen LogP contribution in [0.3, 0.4) is 0 Å². The Morgan fingerprint density at radius 1 is 1.31 bits per heavy atom. The van der Waals surface area contributed by atoms with Crippen LogP contribution >= 0.6 is 11.8 Å². The Balaban J connectivity index is 1.60. The summed E-state index contributed by atoms with van der Waals surface area (Å²) in [5, 5.41) is 3.00. The maximum absolute atomic E-state index is 11.5. The molecule has 1 fully saturated rings. The topological polar surface area (TPSA) is 29.1 Å². The van der Waals surface area contributed by atoms with Gasteiger partial charge in [0.25, 0.3) is 0 Å². The van der Waals surface area contributed by atoms with Crippen LogP contribution in [-0.4, -0.2) is 18.2 Å². The summed E-state index contributed by atoms with van der Waals surface area (Å²) >= 11 is 1.79. The molecule has 0 spiro atoms. The lowest BCUT2D eigenvalue weighted by Crippen LogP contribution is -2.35. The molecule has 1 amide bonds. The van der Waals surface area contributed by atoms with Crippen molar-refractivity contribution in [1.82, 2.24) is 5.32 Å². The van der Waals surface area contributed by atoms with E-state index in [-0.39, 0.29) is 5.91 Å². The molecule has 0 bridgehead atoms. The molecule has 0 aromatic heterocycles. The van der Waals surface area contributed by atoms with Crippen molar-refractivity contribution in [3.8, 4) is 0 Å². The van der Waals surface area contributed by atoms with Crippen molar-refractivity contribution in [2.45, 2.75) is 24.2 Å². The van der Waals surface area contributed by atoms with Crippen LogP contribution in [0.1, 0.15) is 19.3 Å². The second kappa shape index (κ2) is 5.94. The van der Waals surface area contributed by atoms with Crippen molar-refractivity contribution < 1.29 is 4.79 Å². The zero-order chi connectivity index (χ0) is 11.2. The summed E-state index contributed by atoms with van der Waals surface area (Å²) in [5.41, 5.74) is 0. The summed E-state index contributed by atoms with van der Waals surface area (Å²) in [7, 11) is 0. The normalized spacial score (nSPS) is 15.5. The van der Waals surface area contributed by atoms with Gasteiger partial charge < -0.3 is 5.32 Å². The first-order valence-electron chi connectivity index (χ1n) is 5.82. The summed E-state index contributed by atoms with van der Waals surface area (Å²) in [4.78, 5) is 12.8. The highest BCUT2D eigenvalue weighted by Crippen LogP contribution is 2.26. The van der Waals surface area contributed by atoms with Gasteiger partial charge in [0.05, 0.1) is 0 Å². The van der Waals surface area contributed by atoms with E-state index >= 15 is 0 Å². The van der Waals surface area contributed by atoms with Gasteiger partial charge in [0.2, 0.25) is 5.91 Å². The Hall–Kier alpha value is -0.960. The van der Waals surface area contributed by atoms with Crippen LogP contribution in [0, 0.1) is 5.92 Å². The number of hydrogen-bond donors (Lipinski definition) is 1. The summed E-state index contributed by atoms with van der Waals surface area (Å²) in [6.07, 6.45) is 3.38. The number of rotatable bonds is 5. The lowest BCUT2D eigenvalue weighted by Gasteiger charge is -2.23. The molecule has 1 saturated carbocycles. The fourth-order valence-corrected chi connectivity index (χ4v) is 2.46. The SMILES string of the molecule is O=C(NCCSc1ccccc1)C1CCC1. The van der Waals surface area contributed by atoms with Crippen molar-refractivity contribution in [3.63, 3.8) is 0 Å². The van der Waals surface area contributed by atoms with E-state index in [0.717, 1.165) is 25.1 Å². The van der Waals surface area contributed by atoms with Gasteiger partial charge in [-0.25, -0.2) is 0 Å². The predicted molar refractivity (Wildman–Crippen MR) is 67.5 cm³/mol. The van der Waals surface area contributed by atoms with Crippen molar-refractivity contribution >= 4 is 17.7 Å². The van der Waals surface area contributed by atoms with E-state index in [4.69, 9.17) is 0 Å². The second-order valence-corrected chi connectivity index (χ2v) is 5.25. The highest BCUT2D eigenvalue weighted by atomic mass is 32.2. The van der Waals surface area contributed by atoms with Gasteiger partial charge in [0.1, 0.15) is 0 Å². The van der Waals surface area contributed by atoms with Crippen molar-refractivity contribution in [2.24, 2.45) is 5.92 Å². The van der Waals surface area contributed by atoms with E-state index in [1.165, 1.54) is 11.3 Å². The van der Waals surface area contributed by atoms with Crippen molar-refractivity contribution in [3.05, 3.63) is 30.3 Å². The molecular weight excluding hydrogens is 218 g/mol. The molecule has 1 aromatic carbocycles. The average Bonchev–Trinajstić information content (AvgIpc) is 2.23. The molecule has 16 heavy (non-hydrogen) atoms. The number of benzene rings is 1. The van der Waals surface area contributed by atoms with Crippen LogP contribution in [-0.2, 0) is 4.79 Å². The maximum atomic E-state index is 11.5. The molecule has 1 aliphatic carbocycles. The van der Waals surface area contributed by atoms with E-state index in [0.29, 0.717) is 5.92 Å². The summed E-state index contributed by atoms with van der Waals surface area (Å²) in [6, 6.07) is 10.3.